The molecule has 0 amide bonds. The largest absolute Gasteiger partial charge is 0.317 e. The number of nitrogens with zero attached hydrogens (tertiary/aromatic N) is 3. The van der Waals surface area contributed by atoms with E-state index in [1.165, 1.54) is 0 Å². The maximum absolute atomic E-state index is 12.8. The average molecular weight is 364 g/mol. The molecule has 1 saturated heterocycles. The fraction of sp³-hybridized carbons (Fsp3) is 0.312. The first kappa shape index (κ1) is 15.6. The number of H-pyrrole nitrogens is 1. The summed E-state index contributed by atoms with van der Waals surface area (Å²) in [4.78, 5) is 17.3. The molecule has 24 heavy (non-hydrogen) atoms. The van der Waals surface area contributed by atoms with Crippen molar-refractivity contribution < 1.29 is 0 Å². The lowest BCUT2D eigenvalue weighted by Crippen LogP contribution is -2.34. The molecule has 6 nitrogen and oxygen atoms in total. The van der Waals surface area contributed by atoms with Gasteiger partial charge in [0.05, 0.1) is 16.4 Å². The Balaban J connectivity index is 1.85. The van der Waals surface area contributed by atoms with E-state index in [1.807, 2.05) is 6.07 Å². The molecule has 124 valence electrons. The zero-order chi connectivity index (χ0) is 16.7. The number of halogens is 2. The van der Waals surface area contributed by atoms with Gasteiger partial charge in [-0.05, 0) is 32.0 Å². The van der Waals surface area contributed by atoms with Crippen LogP contribution in [0.1, 0.15) is 18.9 Å². The third kappa shape index (κ3) is 2.51. The molecule has 0 saturated carbocycles. The van der Waals surface area contributed by atoms with Gasteiger partial charge in [-0.15, -0.1) is 0 Å². The van der Waals surface area contributed by atoms with Crippen molar-refractivity contribution in [3.05, 3.63) is 44.9 Å². The summed E-state index contributed by atoms with van der Waals surface area (Å²) in [5.41, 5.74) is 1.98. The second kappa shape index (κ2) is 6.20. The summed E-state index contributed by atoms with van der Waals surface area (Å²) in [6.07, 6.45) is 3.43. The molecule has 1 aromatic carbocycles. The van der Waals surface area contributed by atoms with Crippen LogP contribution in [0.4, 0.5) is 0 Å². The maximum Gasteiger partial charge on any atom is 0.279 e. The van der Waals surface area contributed by atoms with Gasteiger partial charge in [0.1, 0.15) is 16.7 Å². The monoisotopic (exact) mass is 363 g/mol. The van der Waals surface area contributed by atoms with Crippen LogP contribution in [0.15, 0.2) is 29.3 Å². The van der Waals surface area contributed by atoms with Crippen LogP contribution in [0.2, 0.25) is 10.0 Å². The topological polar surface area (TPSA) is 75.6 Å². The van der Waals surface area contributed by atoms with Crippen molar-refractivity contribution in [1.29, 1.82) is 0 Å². The Kier molecular flexibility index (Phi) is 4.04. The molecule has 0 unspecified atom stereocenters. The van der Waals surface area contributed by atoms with Crippen molar-refractivity contribution in [2.75, 3.05) is 13.1 Å². The number of nitrogens with one attached hydrogen (secondary N) is 2. The number of fused-ring (bicyclic) bond motifs is 1. The Morgan fingerprint density at radius 1 is 1.21 bits per heavy atom. The Labute approximate surface area is 147 Å². The Hall–Kier alpha value is -1.89. The minimum Gasteiger partial charge on any atom is -0.317 e. The first-order chi connectivity index (χ1) is 11.7. The number of rotatable bonds is 2. The molecule has 2 N–H and O–H groups in total. The molecule has 0 radical (unpaired) electrons. The molecule has 3 aromatic rings. The summed E-state index contributed by atoms with van der Waals surface area (Å²) >= 11 is 12.4. The van der Waals surface area contributed by atoms with Gasteiger partial charge in [-0.1, -0.05) is 35.3 Å². The average Bonchev–Trinajstić information content (AvgIpc) is 3.03. The van der Waals surface area contributed by atoms with Crippen LogP contribution < -0.4 is 10.9 Å². The molecule has 4 rings (SSSR count). The molecule has 0 spiro atoms. The predicted octanol–water partition coefficient (Wildman–Crippen LogP) is 3.02. The summed E-state index contributed by atoms with van der Waals surface area (Å²) in [5, 5.41) is 11.2. The minimum atomic E-state index is -0.108. The predicted molar refractivity (Wildman–Crippen MR) is 94.7 cm³/mol. The minimum absolute atomic E-state index is 0.108. The van der Waals surface area contributed by atoms with Gasteiger partial charge in [0.2, 0.25) is 0 Å². The molecule has 0 bridgehead atoms. The van der Waals surface area contributed by atoms with Crippen molar-refractivity contribution in [2.45, 2.75) is 18.9 Å². The summed E-state index contributed by atoms with van der Waals surface area (Å²) in [6.45, 7) is 1.81. The van der Waals surface area contributed by atoms with E-state index in [0.29, 0.717) is 32.3 Å². The van der Waals surface area contributed by atoms with Crippen LogP contribution in [0.3, 0.4) is 0 Å². The highest BCUT2D eigenvalue weighted by Crippen LogP contribution is 2.34. The number of aromatic amines is 1. The first-order valence-corrected chi connectivity index (χ1v) is 8.52. The van der Waals surface area contributed by atoms with E-state index < -0.39 is 0 Å². The summed E-state index contributed by atoms with van der Waals surface area (Å²) in [6, 6.07) is 5.47. The van der Waals surface area contributed by atoms with Crippen molar-refractivity contribution in [2.24, 2.45) is 0 Å². The zero-order valence-electron chi connectivity index (χ0n) is 12.7. The van der Waals surface area contributed by atoms with Crippen LogP contribution in [0.25, 0.3) is 22.3 Å². The maximum atomic E-state index is 12.8. The van der Waals surface area contributed by atoms with Crippen molar-refractivity contribution in [3.8, 4) is 11.3 Å². The Morgan fingerprint density at radius 2 is 2.00 bits per heavy atom. The fourth-order valence-electron chi connectivity index (χ4n) is 3.13. The second-order valence-electron chi connectivity index (χ2n) is 5.84. The number of piperidine rings is 1. The Morgan fingerprint density at radius 3 is 2.79 bits per heavy atom. The van der Waals surface area contributed by atoms with E-state index in [9.17, 15) is 4.79 Å². The summed E-state index contributed by atoms with van der Waals surface area (Å²) in [7, 11) is 0. The molecular formula is C16H15Cl2N5O. The highest BCUT2D eigenvalue weighted by atomic mass is 35.5. The van der Waals surface area contributed by atoms with Crippen molar-refractivity contribution >= 4 is 34.2 Å². The molecule has 0 atom stereocenters. The molecular weight excluding hydrogens is 349 g/mol. The van der Waals surface area contributed by atoms with Crippen LogP contribution in [0, 0.1) is 0 Å². The normalized spacial score (nSPS) is 15.9. The third-order valence-corrected chi connectivity index (χ3v) is 5.23. The van der Waals surface area contributed by atoms with E-state index >= 15 is 0 Å². The van der Waals surface area contributed by atoms with Gasteiger partial charge >= 0.3 is 0 Å². The van der Waals surface area contributed by atoms with Gasteiger partial charge in [0.15, 0.2) is 0 Å². The number of benzene rings is 1. The number of aromatic nitrogens is 4. The molecule has 1 fully saturated rings. The van der Waals surface area contributed by atoms with Crippen LogP contribution in [-0.4, -0.2) is 32.8 Å². The van der Waals surface area contributed by atoms with Gasteiger partial charge < -0.3 is 5.32 Å². The van der Waals surface area contributed by atoms with E-state index in [4.69, 9.17) is 23.2 Å². The third-order valence-electron chi connectivity index (χ3n) is 4.41. The summed E-state index contributed by atoms with van der Waals surface area (Å²) in [5.74, 6) is 0. The SMILES string of the molecule is O=c1c2[nH]nc(-c3cccc(Cl)c3Cl)c2ncn1C1CCNCC1. The molecule has 8 heteroatoms. The van der Waals surface area contributed by atoms with Gasteiger partial charge in [0.25, 0.3) is 5.56 Å². The van der Waals surface area contributed by atoms with Crippen LogP contribution in [-0.2, 0) is 0 Å². The number of hydrogen-bond acceptors (Lipinski definition) is 4. The van der Waals surface area contributed by atoms with Crippen molar-refractivity contribution in [1.82, 2.24) is 25.1 Å². The molecule has 2 aromatic heterocycles. The molecule has 3 heterocycles. The highest BCUT2D eigenvalue weighted by Gasteiger charge is 2.21. The molecule has 1 aliphatic rings. The lowest BCUT2D eigenvalue weighted by Gasteiger charge is -2.24. The standard InChI is InChI=1S/C16H15Cl2N5O/c17-11-3-1-2-10(12(11)18)13-14-15(22-21-13)16(24)23(8-20-14)9-4-6-19-7-5-9/h1-3,8-9,19H,4-7H2,(H,21,22). The van der Waals surface area contributed by atoms with Crippen LogP contribution >= 0.6 is 23.2 Å². The lowest BCUT2D eigenvalue weighted by molar-refractivity contribution is 0.359. The molecule has 0 aliphatic carbocycles. The Bertz CT molecular complexity index is 959. The van der Waals surface area contributed by atoms with E-state index in [-0.39, 0.29) is 11.6 Å². The lowest BCUT2D eigenvalue weighted by atomic mass is 10.1. The smallest absolute Gasteiger partial charge is 0.279 e. The molecule has 1 aliphatic heterocycles. The van der Waals surface area contributed by atoms with Gasteiger partial charge in [-0.3, -0.25) is 14.5 Å². The first-order valence-electron chi connectivity index (χ1n) is 7.77. The number of hydrogen-bond donors (Lipinski definition) is 2. The van der Waals surface area contributed by atoms with E-state index in [1.54, 1.807) is 23.0 Å². The highest BCUT2D eigenvalue weighted by molar-refractivity contribution is 6.43. The van der Waals surface area contributed by atoms with Gasteiger partial charge in [-0.25, -0.2) is 4.98 Å². The van der Waals surface area contributed by atoms with Gasteiger partial charge in [0, 0.05) is 11.6 Å². The van der Waals surface area contributed by atoms with E-state index in [0.717, 1.165) is 25.9 Å². The van der Waals surface area contributed by atoms with Crippen molar-refractivity contribution in [3.63, 3.8) is 0 Å². The quantitative estimate of drug-likeness (QED) is 0.733. The van der Waals surface area contributed by atoms with Gasteiger partial charge in [-0.2, -0.15) is 5.10 Å². The second-order valence-corrected chi connectivity index (χ2v) is 6.62. The summed E-state index contributed by atoms with van der Waals surface area (Å²) < 4.78 is 1.70. The van der Waals surface area contributed by atoms with Crippen LogP contribution in [0.5, 0.6) is 0 Å². The van der Waals surface area contributed by atoms with E-state index in [2.05, 4.69) is 20.5 Å². The fourth-order valence-corrected chi connectivity index (χ4v) is 3.52. The zero-order valence-corrected chi connectivity index (χ0v) is 14.2.